The molecule has 0 amide bonds. The predicted octanol–water partition coefficient (Wildman–Crippen LogP) is 3.79. The molecule has 74 valence electrons. The van der Waals surface area contributed by atoms with Crippen LogP contribution in [-0.2, 0) is 0 Å². The van der Waals surface area contributed by atoms with Crippen molar-refractivity contribution < 1.29 is 0 Å². The van der Waals surface area contributed by atoms with Crippen molar-refractivity contribution in [2.24, 2.45) is 4.99 Å². The van der Waals surface area contributed by atoms with Gasteiger partial charge in [-0.05, 0) is 5.56 Å². The van der Waals surface area contributed by atoms with Crippen molar-refractivity contribution in [3.05, 3.63) is 35.9 Å². The number of benzene rings is 1. The number of nitrogens with zero attached hydrogens (tertiary/aromatic N) is 1. The largest absolute Gasteiger partial charge is 0.296 e. The second-order valence-corrected chi connectivity index (χ2v) is 1.80. The Balaban J connectivity index is 0. The van der Waals surface area contributed by atoms with Gasteiger partial charge in [0, 0.05) is 13.3 Å². The van der Waals surface area contributed by atoms with Crippen molar-refractivity contribution in [3.63, 3.8) is 0 Å². The molecule has 0 aliphatic carbocycles. The summed E-state index contributed by atoms with van der Waals surface area (Å²) < 4.78 is 0. The van der Waals surface area contributed by atoms with Crippen LogP contribution in [0.4, 0.5) is 0 Å². The van der Waals surface area contributed by atoms with Crippen LogP contribution in [0.15, 0.2) is 35.3 Å². The smallest absolute Gasteiger partial charge is 0.0281 e. The first-order valence-electron chi connectivity index (χ1n) is 4.90. The Hall–Kier alpha value is -1.11. The van der Waals surface area contributed by atoms with Gasteiger partial charge in [-0.15, -0.1) is 0 Å². The van der Waals surface area contributed by atoms with Gasteiger partial charge in [-0.1, -0.05) is 58.0 Å². The normalized spacial score (nSPS) is 8.08. The molecule has 0 bridgehead atoms. The zero-order valence-corrected chi connectivity index (χ0v) is 9.41. The highest BCUT2D eigenvalue weighted by Gasteiger charge is 1.78. The first kappa shape index (κ1) is 14.4. The van der Waals surface area contributed by atoms with Crippen LogP contribution in [-0.4, -0.2) is 13.3 Å². The van der Waals surface area contributed by atoms with Crippen molar-refractivity contribution in [2.45, 2.75) is 27.7 Å². The molecule has 0 saturated heterocycles. The van der Waals surface area contributed by atoms with Crippen LogP contribution in [0, 0.1) is 0 Å². The van der Waals surface area contributed by atoms with E-state index in [9.17, 15) is 0 Å². The molecule has 0 unspecified atom stereocenters. The van der Waals surface area contributed by atoms with E-state index in [0.29, 0.717) is 0 Å². The van der Waals surface area contributed by atoms with Gasteiger partial charge in [-0.3, -0.25) is 4.99 Å². The summed E-state index contributed by atoms with van der Waals surface area (Å²) >= 11 is 0. The summed E-state index contributed by atoms with van der Waals surface area (Å²) in [6, 6.07) is 10.0. The molecule has 0 aliphatic rings. The van der Waals surface area contributed by atoms with Gasteiger partial charge in [0.2, 0.25) is 0 Å². The number of rotatable bonds is 1. The fraction of sp³-hybridized carbons (Fsp3) is 0.417. The van der Waals surface area contributed by atoms with Gasteiger partial charge in [-0.2, -0.15) is 0 Å². The van der Waals surface area contributed by atoms with Gasteiger partial charge in [-0.25, -0.2) is 0 Å². The zero-order chi connectivity index (χ0) is 10.5. The Bertz CT molecular complexity index is 190. The third kappa shape index (κ3) is 8.80. The van der Waals surface area contributed by atoms with E-state index >= 15 is 0 Å². The molecule has 1 nitrogen and oxygen atoms in total. The standard InChI is InChI=1S/C8H9N.2C2H6/c1-9-7-8-5-3-2-4-6-8;2*1-2/h2-7H,1H3;2*1-2H3. The third-order valence-electron chi connectivity index (χ3n) is 1.08. The molecule has 1 aromatic rings. The minimum atomic E-state index is 1.15. The Kier molecular flexibility index (Phi) is 14.9. The fourth-order valence-electron chi connectivity index (χ4n) is 0.688. The van der Waals surface area contributed by atoms with E-state index in [1.54, 1.807) is 7.05 Å². The molecule has 0 saturated carbocycles. The van der Waals surface area contributed by atoms with Crippen LogP contribution in [0.5, 0.6) is 0 Å². The van der Waals surface area contributed by atoms with E-state index < -0.39 is 0 Å². The average Bonchev–Trinajstić information content (AvgIpc) is 2.26. The summed E-state index contributed by atoms with van der Waals surface area (Å²) in [5.74, 6) is 0. The van der Waals surface area contributed by atoms with Crippen LogP contribution in [0.2, 0.25) is 0 Å². The van der Waals surface area contributed by atoms with E-state index in [4.69, 9.17) is 0 Å². The second-order valence-electron chi connectivity index (χ2n) is 1.80. The Morgan fingerprint density at radius 2 is 1.38 bits per heavy atom. The lowest BCUT2D eigenvalue weighted by molar-refractivity contribution is 1.46. The maximum atomic E-state index is 3.88. The number of hydrogen-bond acceptors (Lipinski definition) is 1. The summed E-state index contributed by atoms with van der Waals surface area (Å²) in [4.78, 5) is 3.88. The molecule has 0 fully saturated rings. The summed E-state index contributed by atoms with van der Waals surface area (Å²) in [7, 11) is 1.77. The lowest BCUT2D eigenvalue weighted by Crippen LogP contribution is -1.75. The summed E-state index contributed by atoms with van der Waals surface area (Å²) in [6.07, 6.45) is 1.83. The van der Waals surface area contributed by atoms with E-state index in [1.165, 1.54) is 0 Å². The molecule has 13 heavy (non-hydrogen) atoms. The molecular weight excluding hydrogens is 158 g/mol. The van der Waals surface area contributed by atoms with E-state index in [1.807, 2.05) is 64.2 Å². The Morgan fingerprint density at radius 3 is 1.77 bits per heavy atom. The quantitative estimate of drug-likeness (QED) is 0.582. The maximum absolute atomic E-state index is 3.88. The van der Waals surface area contributed by atoms with Crippen molar-refractivity contribution >= 4 is 6.21 Å². The van der Waals surface area contributed by atoms with Crippen molar-refractivity contribution in [1.82, 2.24) is 0 Å². The highest BCUT2D eigenvalue weighted by molar-refractivity contribution is 5.79. The van der Waals surface area contributed by atoms with Gasteiger partial charge < -0.3 is 0 Å². The third-order valence-corrected chi connectivity index (χ3v) is 1.08. The highest BCUT2D eigenvalue weighted by atomic mass is 14.6. The highest BCUT2D eigenvalue weighted by Crippen LogP contribution is 1.92. The summed E-state index contributed by atoms with van der Waals surface area (Å²) in [5.41, 5.74) is 1.15. The molecule has 0 radical (unpaired) electrons. The maximum Gasteiger partial charge on any atom is 0.0281 e. The van der Waals surface area contributed by atoms with Gasteiger partial charge in [0.25, 0.3) is 0 Å². The summed E-state index contributed by atoms with van der Waals surface area (Å²) in [5, 5.41) is 0. The van der Waals surface area contributed by atoms with Crippen molar-refractivity contribution in [3.8, 4) is 0 Å². The van der Waals surface area contributed by atoms with Crippen LogP contribution in [0.3, 0.4) is 0 Å². The van der Waals surface area contributed by atoms with Gasteiger partial charge in [0.1, 0.15) is 0 Å². The lowest BCUT2D eigenvalue weighted by Gasteiger charge is -1.86. The van der Waals surface area contributed by atoms with Crippen molar-refractivity contribution in [2.75, 3.05) is 7.05 Å². The van der Waals surface area contributed by atoms with E-state index in [2.05, 4.69) is 4.99 Å². The second kappa shape index (κ2) is 13.5. The number of hydrogen-bond donors (Lipinski definition) is 0. The van der Waals surface area contributed by atoms with Crippen LogP contribution >= 0.6 is 0 Å². The van der Waals surface area contributed by atoms with Crippen LogP contribution in [0.25, 0.3) is 0 Å². The molecule has 0 heterocycles. The predicted molar refractivity (Wildman–Crippen MR) is 62.7 cm³/mol. The van der Waals surface area contributed by atoms with E-state index in [0.717, 1.165) is 5.56 Å². The first-order valence-corrected chi connectivity index (χ1v) is 4.90. The number of aliphatic imine (C=N–C) groups is 1. The molecule has 0 N–H and O–H groups in total. The lowest BCUT2D eigenvalue weighted by atomic mass is 10.2. The minimum absolute atomic E-state index is 1.15. The topological polar surface area (TPSA) is 12.4 Å². The molecule has 1 heteroatoms. The first-order chi connectivity index (χ1) is 6.43. The minimum Gasteiger partial charge on any atom is -0.296 e. The molecule has 0 spiro atoms. The van der Waals surface area contributed by atoms with Crippen LogP contribution < -0.4 is 0 Å². The van der Waals surface area contributed by atoms with Gasteiger partial charge in [0.15, 0.2) is 0 Å². The molecule has 1 aromatic carbocycles. The molecule has 0 aliphatic heterocycles. The van der Waals surface area contributed by atoms with Crippen molar-refractivity contribution in [1.29, 1.82) is 0 Å². The van der Waals surface area contributed by atoms with Gasteiger partial charge >= 0.3 is 0 Å². The van der Waals surface area contributed by atoms with E-state index in [-0.39, 0.29) is 0 Å². The zero-order valence-electron chi connectivity index (χ0n) is 9.41. The summed E-state index contributed by atoms with van der Waals surface area (Å²) in [6.45, 7) is 8.00. The molecule has 0 aromatic heterocycles. The van der Waals surface area contributed by atoms with Crippen LogP contribution in [0.1, 0.15) is 33.3 Å². The molecule has 1 rings (SSSR count). The fourth-order valence-corrected chi connectivity index (χ4v) is 0.688. The average molecular weight is 179 g/mol. The SMILES string of the molecule is CC.CC.CN=Cc1ccccc1. The Labute approximate surface area is 82.5 Å². The Morgan fingerprint density at radius 1 is 0.923 bits per heavy atom. The van der Waals surface area contributed by atoms with Gasteiger partial charge in [0.05, 0.1) is 0 Å². The monoisotopic (exact) mass is 179 g/mol. The molecule has 0 atom stereocenters. The molecular formula is C12H21N.